The molecule has 2 aromatic rings. The first-order chi connectivity index (χ1) is 16.5. The largest absolute Gasteiger partial charge is 0.444 e. The lowest BCUT2D eigenvalue weighted by molar-refractivity contribution is -0.174. The summed E-state index contributed by atoms with van der Waals surface area (Å²) in [5.74, 6) is -2.37. The molecule has 5 rings (SSSR count). The molecule has 1 saturated carbocycles. The van der Waals surface area contributed by atoms with Crippen LogP contribution in [0.4, 0.5) is 4.79 Å². The first-order valence-corrected chi connectivity index (χ1v) is 11.3. The van der Waals surface area contributed by atoms with Crippen LogP contribution in [0.2, 0.25) is 0 Å². The van der Waals surface area contributed by atoms with Gasteiger partial charge in [-0.2, -0.15) is 0 Å². The second-order valence-electron chi connectivity index (χ2n) is 8.60. The van der Waals surface area contributed by atoms with Crippen molar-refractivity contribution in [3.05, 3.63) is 71.3 Å². The summed E-state index contributed by atoms with van der Waals surface area (Å²) in [4.78, 5) is 58.2. The van der Waals surface area contributed by atoms with E-state index in [0.717, 1.165) is 24.8 Å². The monoisotopic (exact) mass is 464 g/mol. The molecule has 9 nitrogen and oxygen atoms in total. The first kappa shape index (κ1) is 22.1. The van der Waals surface area contributed by atoms with Gasteiger partial charge in [0.2, 0.25) is 0 Å². The van der Waals surface area contributed by atoms with E-state index in [-0.39, 0.29) is 24.3 Å². The molecular weight excluding hydrogens is 440 g/mol. The summed E-state index contributed by atoms with van der Waals surface area (Å²) in [6.07, 6.45) is 3.09. The van der Waals surface area contributed by atoms with Gasteiger partial charge in [-0.15, -0.1) is 0 Å². The maximum absolute atomic E-state index is 13.2. The summed E-state index contributed by atoms with van der Waals surface area (Å²) in [6, 6.07) is 14.3. The Morgan fingerprint density at radius 2 is 1.53 bits per heavy atom. The van der Waals surface area contributed by atoms with Gasteiger partial charge < -0.3 is 14.3 Å². The molecule has 34 heavy (non-hydrogen) atoms. The number of nitrogens with zero attached hydrogens (tertiary/aromatic N) is 2. The second-order valence-corrected chi connectivity index (χ2v) is 8.60. The molecule has 1 spiro atoms. The lowest BCUT2D eigenvalue weighted by Gasteiger charge is -2.40. The number of hydrogen-bond donors (Lipinski definition) is 0. The molecule has 3 aliphatic rings. The Hall–Kier alpha value is -3.72. The van der Waals surface area contributed by atoms with Crippen LogP contribution in [0.1, 0.15) is 58.4 Å². The molecular formula is C25H24N2O7. The van der Waals surface area contributed by atoms with Crippen molar-refractivity contribution in [2.24, 2.45) is 0 Å². The van der Waals surface area contributed by atoms with Crippen LogP contribution in [-0.2, 0) is 25.7 Å². The zero-order chi connectivity index (χ0) is 23.7. The Morgan fingerprint density at radius 1 is 0.912 bits per heavy atom. The highest BCUT2D eigenvalue weighted by atomic mass is 16.7. The molecule has 0 radical (unpaired) electrons. The quantitative estimate of drug-likeness (QED) is 0.639. The SMILES string of the molecule is O=C(ON1C(=O)c2ccccc2C1=O)C1COC2(CCCCC2)N1C(=O)OCc1ccccc1. The number of imide groups is 1. The third kappa shape index (κ3) is 3.81. The van der Waals surface area contributed by atoms with Gasteiger partial charge in [0.05, 0.1) is 17.7 Å². The molecule has 1 atom stereocenters. The topological polar surface area (TPSA) is 102 Å². The van der Waals surface area contributed by atoms with Crippen molar-refractivity contribution >= 4 is 23.9 Å². The Kier molecular flexibility index (Phi) is 5.79. The zero-order valence-electron chi connectivity index (χ0n) is 18.5. The van der Waals surface area contributed by atoms with Crippen molar-refractivity contribution in [2.45, 2.75) is 50.5 Å². The molecule has 9 heteroatoms. The van der Waals surface area contributed by atoms with Gasteiger partial charge in [-0.25, -0.2) is 9.59 Å². The number of rotatable bonds is 4. The lowest BCUT2D eigenvalue weighted by Crippen LogP contribution is -2.55. The van der Waals surface area contributed by atoms with E-state index in [1.165, 1.54) is 17.0 Å². The number of fused-ring (bicyclic) bond motifs is 1. The third-order valence-electron chi connectivity index (χ3n) is 6.51. The number of ether oxygens (including phenoxy) is 2. The van der Waals surface area contributed by atoms with Crippen LogP contribution in [0.5, 0.6) is 0 Å². The van der Waals surface area contributed by atoms with E-state index in [0.29, 0.717) is 17.9 Å². The lowest BCUT2D eigenvalue weighted by atomic mass is 9.90. The minimum absolute atomic E-state index is 0.0342. The summed E-state index contributed by atoms with van der Waals surface area (Å²) in [7, 11) is 0. The maximum atomic E-state index is 13.2. The fourth-order valence-electron chi connectivity index (χ4n) is 4.81. The van der Waals surface area contributed by atoms with Gasteiger partial charge in [0.25, 0.3) is 11.8 Å². The van der Waals surface area contributed by atoms with E-state index in [4.69, 9.17) is 14.3 Å². The number of carbonyl (C=O) groups excluding carboxylic acids is 4. The van der Waals surface area contributed by atoms with Crippen molar-refractivity contribution in [3.8, 4) is 0 Å². The van der Waals surface area contributed by atoms with Gasteiger partial charge in [-0.3, -0.25) is 14.5 Å². The summed E-state index contributed by atoms with van der Waals surface area (Å²) in [6.45, 7) is -0.0745. The minimum Gasteiger partial charge on any atom is -0.444 e. The standard InChI is InChI=1S/C25H24N2O7/c28-21-18-11-5-6-12-19(18)22(29)27(21)34-23(30)20-16-33-25(13-7-2-8-14-25)26(20)24(31)32-15-17-9-3-1-4-10-17/h1,3-6,9-12,20H,2,7-8,13-16H2. The van der Waals surface area contributed by atoms with Crippen molar-refractivity contribution in [2.75, 3.05) is 6.61 Å². The Labute approximate surface area is 196 Å². The van der Waals surface area contributed by atoms with Crippen LogP contribution < -0.4 is 0 Å². The van der Waals surface area contributed by atoms with E-state index >= 15 is 0 Å². The molecule has 0 N–H and O–H groups in total. The van der Waals surface area contributed by atoms with E-state index in [1.54, 1.807) is 12.1 Å². The number of benzene rings is 2. The van der Waals surface area contributed by atoms with Crippen molar-refractivity contribution in [1.82, 2.24) is 9.96 Å². The molecule has 176 valence electrons. The zero-order valence-corrected chi connectivity index (χ0v) is 18.5. The minimum atomic E-state index is -1.15. The normalized spacial score (nSPS) is 21.0. The fourth-order valence-corrected chi connectivity index (χ4v) is 4.81. The number of hydroxylamine groups is 2. The number of carbonyl (C=O) groups is 4. The third-order valence-corrected chi connectivity index (χ3v) is 6.51. The predicted molar refractivity (Wildman–Crippen MR) is 117 cm³/mol. The number of amides is 3. The molecule has 3 amide bonds. The van der Waals surface area contributed by atoms with Gasteiger partial charge in [0.15, 0.2) is 6.04 Å². The Balaban J connectivity index is 1.35. The van der Waals surface area contributed by atoms with Crippen LogP contribution in [0.3, 0.4) is 0 Å². The van der Waals surface area contributed by atoms with Gasteiger partial charge in [-0.05, 0) is 43.4 Å². The Morgan fingerprint density at radius 3 is 2.18 bits per heavy atom. The highest BCUT2D eigenvalue weighted by Crippen LogP contribution is 2.41. The molecule has 1 unspecified atom stereocenters. The van der Waals surface area contributed by atoms with Crippen LogP contribution in [0.15, 0.2) is 54.6 Å². The van der Waals surface area contributed by atoms with Crippen LogP contribution >= 0.6 is 0 Å². The van der Waals surface area contributed by atoms with Crippen LogP contribution in [-0.4, -0.2) is 52.2 Å². The van der Waals surface area contributed by atoms with E-state index in [2.05, 4.69) is 0 Å². The van der Waals surface area contributed by atoms with E-state index in [1.807, 2.05) is 30.3 Å². The molecule has 2 fully saturated rings. The van der Waals surface area contributed by atoms with Crippen LogP contribution in [0.25, 0.3) is 0 Å². The van der Waals surface area contributed by atoms with Crippen molar-refractivity contribution in [1.29, 1.82) is 0 Å². The van der Waals surface area contributed by atoms with Crippen LogP contribution in [0, 0.1) is 0 Å². The summed E-state index contributed by atoms with van der Waals surface area (Å²) in [5.41, 5.74) is 0.146. The van der Waals surface area contributed by atoms with Gasteiger partial charge >= 0.3 is 12.1 Å². The van der Waals surface area contributed by atoms with Gasteiger partial charge in [-0.1, -0.05) is 53.9 Å². The molecule has 2 aliphatic heterocycles. The molecule has 1 aliphatic carbocycles. The van der Waals surface area contributed by atoms with Gasteiger partial charge in [0.1, 0.15) is 12.3 Å². The smallest absolute Gasteiger partial charge is 0.413 e. The summed E-state index contributed by atoms with van der Waals surface area (Å²) < 4.78 is 11.6. The molecule has 0 bridgehead atoms. The fraction of sp³-hybridized carbons (Fsp3) is 0.360. The molecule has 2 aromatic carbocycles. The maximum Gasteiger partial charge on any atom is 0.413 e. The molecule has 2 heterocycles. The average molecular weight is 464 g/mol. The average Bonchev–Trinajstić information content (AvgIpc) is 3.34. The first-order valence-electron chi connectivity index (χ1n) is 11.3. The van der Waals surface area contributed by atoms with E-state index in [9.17, 15) is 19.2 Å². The second kappa shape index (κ2) is 8.90. The Bertz CT molecular complexity index is 1090. The summed E-state index contributed by atoms with van der Waals surface area (Å²) >= 11 is 0. The molecule has 1 saturated heterocycles. The summed E-state index contributed by atoms with van der Waals surface area (Å²) in [5, 5.41) is 0.451. The van der Waals surface area contributed by atoms with Crippen molar-refractivity contribution in [3.63, 3.8) is 0 Å². The predicted octanol–water partition coefficient (Wildman–Crippen LogP) is 3.44. The highest BCUT2D eigenvalue weighted by Gasteiger charge is 2.55. The van der Waals surface area contributed by atoms with Crippen molar-refractivity contribution < 1.29 is 33.5 Å². The van der Waals surface area contributed by atoms with E-state index < -0.39 is 35.6 Å². The molecule has 0 aromatic heterocycles. The number of hydrogen-bond acceptors (Lipinski definition) is 7. The van der Waals surface area contributed by atoms with Gasteiger partial charge in [0, 0.05) is 0 Å². The highest BCUT2D eigenvalue weighted by molar-refractivity contribution is 6.20.